The van der Waals surface area contributed by atoms with Crippen molar-refractivity contribution in [2.24, 2.45) is 17.4 Å². The summed E-state index contributed by atoms with van der Waals surface area (Å²) in [4.78, 5) is 23.4. The van der Waals surface area contributed by atoms with E-state index >= 15 is 0 Å². The van der Waals surface area contributed by atoms with Crippen molar-refractivity contribution in [3.8, 4) is 0 Å². The van der Waals surface area contributed by atoms with Gasteiger partial charge in [-0.1, -0.05) is 17.8 Å². The first-order valence-corrected chi connectivity index (χ1v) is 10.8. The van der Waals surface area contributed by atoms with Crippen LogP contribution >= 0.6 is 24.2 Å². The smallest absolute Gasteiger partial charge is 0.269 e. The number of benzene rings is 1. The largest absolute Gasteiger partial charge is 0.364 e. The van der Waals surface area contributed by atoms with Gasteiger partial charge in [-0.05, 0) is 44.2 Å². The lowest BCUT2D eigenvalue weighted by atomic mass is 9.97. The number of hydrogen-bond acceptors (Lipinski definition) is 7. The second-order valence-electron chi connectivity index (χ2n) is 7.22. The molecule has 0 aliphatic carbocycles. The second-order valence-corrected chi connectivity index (χ2v) is 8.00. The van der Waals surface area contributed by atoms with Crippen molar-refractivity contribution in [1.82, 2.24) is 24.6 Å². The number of aromatic nitrogens is 4. The molecule has 0 bridgehead atoms. The minimum absolute atomic E-state index is 0. The van der Waals surface area contributed by atoms with Gasteiger partial charge in [0.2, 0.25) is 0 Å². The number of primary amides is 1. The molecule has 156 valence electrons. The Hall–Kier alpha value is -1.94. The lowest BCUT2D eigenvalue weighted by molar-refractivity contribution is 0.0995. The molecule has 0 unspecified atom stereocenters. The first-order valence-electron chi connectivity index (χ1n) is 9.53. The molecule has 2 aromatic heterocycles. The zero-order chi connectivity index (χ0) is 19.7. The van der Waals surface area contributed by atoms with Crippen molar-refractivity contribution in [1.29, 1.82) is 0 Å². The van der Waals surface area contributed by atoms with Crippen LogP contribution in [0.2, 0.25) is 0 Å². The van der Waals surface area contributed by atoms with E-state index < -0.39 is 5.91 Å². The van der Waals surface area contributed by atoms with Crippen LogP contribution in [0, 0.1) is 5.92 Å². The highest BCUT2D eigenvalue weighted by atomic mass is 35.5. The van der Waals surface area contributed by atoms with Gasteiger partial charge in [0.15, 0.2) is 10.9 Å². The summed E-state index contributed by atoms with van der Waals surface area (Å²) in [5.74, 6) is -0.0185. The van der Waals surface area contributed by atoms with Crippen molar-refractivity contribution in [3.05, 3.63) is 24.0 Å². The van der Waals surface area contributed by atoms with Crippen LogP contribution in [0.3, 0.4) is 0 Å². The van der Waals surface area contributed by atoms with Crippen LogP contribution in [-0.2, 0) is 6.54 Å². The number of halogens is 1. The fourth-order valence-electron chi connectivity index (χ4n) is 3.98. The standard InChI is InChI=1S/C19H25N7OS.ClH/c1-28-19-22-10-13-2-3-14-16(18(21)27)24-26(17(14)15(13)23-19)11-12-4-7-25(8-5-12)9-6-20;/h2-3,10,12H,4-9,11,20H2,1H3,(H2,21,27);1H. The number of nitrogens with two attached hydrogens (primary N) is 2. The summed E-state index contributed by atoms with van der Waals surface area (Å²) in [5, 5.41) is 6.97. The molecule has 1 aromatic carbocycles. The maximum Gasteiger partial charge on any atom is 0.269 e. The summed E-state index contributed by atoms with van der Waals surface area (Å²) in [6.07, 6.45) is 5.94. The van der Waals surface area contributed by atoms with Gasteiger partial charge in [0.1, 0.15) is 5.52 Å². The fraction of sp³-hybridized carbons (Fsp3) is 0.474. The van der Waals surface area contributed by atoms with E-state index in [1.165, 1.54) is 11.8 Å². The highest BCUT2D eigenvalue weighted by molar-refractivity contribution is 7.98. The third-order valence-electron chi connectivity index (χ3n) is 5.44. The molecule has 1 fully saturated rings. The van der Waals surface area contributed by atoms with Crippen molar-refractivity contribution in [3.63, 3.8) is 0 Å². The highest BCUT2D eigenvalue weighted by Gasteiger charge is 2.23. The molecule has 3 aromatic rings. The van der Waals surface area contributed by atoms with Crippen LogP contribution in [0.4, 0.5) is 0 Å². The van der Waals surface area contributed by atoms with Gasteiger partial charge in [-0.15, -0.1) is 12.4 Å². The first kappa shape index (κ1) is 21.8. The minimum atomic E-state index is -0.514. The van der Waals surface area contributed by atoms with Crippen LogP contribution in [0.25, 0.3) is 21.8 Å². The lowest BCUT2D eigenvalue weighted by Crippen LogP contribution is -2.38. The number of carbonyl (C=O) groups is 1. The second kappa shape index (κ2) is 9.25. The summed E-state index contributed by atoms with van der Waals surface area (Å²) in [6.45, 7) is 4.48. The molecule has 29 heavy (non-hydrogen) atoms. The third-order valence-corrected chi connectivity index (χ3v) is 6.00. The number of rotatable bonds is 6. The van der Waals surface area contributed by atoms with E-state index in [4.69, 9.17) is 16.5 Å². The number of nitrogens with zero attached hydrogens (tertiary/aromatic N) is 5. The van der Waals surface area contributed by atoms with Crippen molar-refractivity contribution in [2.45, 2.75) is 24.5 Å². The molecule has 10 heteroatoms. The van der Waals surface area contributed by atoms with Gasteiger partial charge in [-0.2, -0.15) is 5.10 Å². The third kappa shape index (κ3) is 4.32. The zero-order valence-electron chi connectivity index (χ0n) is 16.4. The quantitative estimate of drug-likeness (QED) is 0.448. The summed E-state index contributed by atoms with van der Waals surface area (Å²) >= 11 is 1.49. The molecule has 4 rings (SSSR count). The molecule has 4 N–H and O–H groups in total. The van der Waals surface area contributed by atoms with Crippen LogP contribution < -0.4 is 11.5 Å². The molecule has 1 saturated heterocycles. The van der Waals surface area contributed by atoms with E-state index in [-0.39, 0.29) is 12.4 Å². The molecule has 1 aliphatic heterocycles. The average Bonchev–Trinajstić information content (AvgIpc) is 3.08. The SMILES string of the molecule is CSc1ncc2ccc3c(C(N)=O)nn(CC4CCN(CCN)CC4)c3c2n1.Cl. The number of carbonyl (C=O) groups excluding carboxylic acids is 1. The number of fused-ring (bicyclic) bond motifs is 3. The predicted molar refractivity (Wildman–Crippen MR) is 119 cm³/mol. The molecule has 0 saturated carbocycles. The van der Waals surface area contributed by atoms with E-state index in [1.807, 2.05) is 29.3 Å². The Bertz CT molecular complexity index is 1020. The van der Waals surface area contributed by atoms with E-state index in [9.17, 15) is 4.79 Å². The molecule has 0 atom stereocenters. The van der Waals surface area contributed by atoms with E-state index in [0.29, 0.717) is 23.3 Å². The summed E-state index contributed by atoms with van der Waals surface area (Å²) in [7, 11) is 0. The van der Waals surface area contributed by atoms with Gasteiger partial charge in [-0.25, -0.2) is 9.97 Å². The predicted octanol–water partition coefficient (Wildman–Crippen LogP) is 1.89. The number of likely N-dealkylation sites (tertiary alicyclic amines) is 1. The molecule has 8 nitrogen and oxygen atoms in total. The monoisotopic (exact) mass is 435 g/mol. The van der Waals surface area contributed by atoms with Gasteiger partial charge >= 0.3 is 0 Å². The minimum Gasteiger partial charge on any atom is -0.364 e. The average molecular weight is 436 g/mol. The van der Waals surface area contributed by atoms with Gasteiger partial charge < -0.3 is 16.4 Å². The summed E-state index contributed by atoms with van der Waals surface area (Å²) in [5.41, 5.74) is 13.3. The van der Waals surface area contributed by atoms with E-state index in [0.717, 1.165) is 60.8 Å². The van der Waals surface area contributed by atoms with Crippen LogP contribution in [0.5, 0.6) is 0 Å². The van der Waals surface area contributed by atoms with Gasteiger partial charge in [0, 0.05) is 36.6 Å². The molecule has 0 spiro atoms. The van der Waals surface area contributed by atoms with Crippen LogP contribution in [-0.4, -0.2) is 63.0 Å². The molecular formula is C19H26ClN7OS. The normalized spacial score (nSPS) is 15.7. The molecule has 1 amide bonds. The Morgan fingerprint density at radius 2 is 2.07 bits per heavy atom. The lowest BCUT2D eigenvalue weighted by Gasteiger charge is -2.31. The van der Waals surface area contributed by atoms with Crippen molar-refractivity contribution < 1.29 is 4.79 Å². The number of piperidine rings is 1. The highest BCUT2D eigenvalue weighted by Crippen LogP contribution is 2.29. The Morgan fingerprint density at radius 1 is 1.31 bits per heavy atom. The Morgan fingerprint density at radius 3 is 2.72 bits per heavy atom. The van der Waals surface area contributed by atoms with E-state index in [2.05, 4.69) is 15.0 Å². The Labute approximate surface area is 179 Å². The first-order chi connectivity index (χ1) is 13.6. The van der Waals surface area contributed by atoms with Gasteiger partial charge in [-0.3, -0.25) is 9.48 Å². The Balaban J connectivity index is 0.00000240. The van der Waals surface area contributed by atoms with E-state index in [1.54, 1.807) is 0 Å². The van der Waals surface area contributed by atoms with Crippen LogP contribution in [0.15, 0.2) is 23.5 Å². The maximum atomic E-state index is 12.0. The number of hydrogen-bond donors (Lipinski definition) is 2. The Kier molecular flexibility index (Phi) is 6.94. The number of amides is 1. The van der Waals surface area contributed by atoms with Crippen LogP contribution in [0.1, 0.15) is 23.3 Å². The van der Waals surface area contributed by atoms with Crippen molar-refractivity contribution >= 4 is 51.9 Å². The van der Waals surface area contributed by atoms with Crippen molar-refractivity contribution in [2.75, 3.05) is 32.4 Å². The fourth-order valence-corrected chi connectivity index (χ4v) is 4.32. The summed E-state index contributed by atoms with van der Waals surface area (Å²) in [6, 6.07) is 3.82. The molecule has 3 heterocycles. The van der Waals surface area contributed by atoms with Gasteiger partial charge in [0.25, 0.3) is 5.91 Å². The topological polar surface area (TPSA) is 116 Å². The molecular weight excluding hydrogens is 410 g/mol. The number of thioether (sulfide) groups is 1. The molecule has 0 radical (unpaired) electrons. The zero-order valence-corrected chi connectivity index (χ0v) is 18.0. The maximum absolute atomic E-state index is 12.0. The van der Waals surface area contributed by atoms with Gasteiger partial charge in [0.05, 0.1) is 5.52 Å². The molecule has 1 aliphatic rings. The summed E-state index contributed by atoms with van der Waals surface area (Å²) < 4.78 is 1.93.